The number of fused-ring (bicyclic) bond motifs is 1. The minimum atomic E-state index is -0.418. The Labute approximate surface area is 219 Å². The number of rotatable bonds is 6. The van der Waals surface area contributed by atoms with Crippen molar-refractivity contribution in [2.75, 3.05) is 38.7 Å². The minimum Gasteiger partial charge on any atom is -0.490 e. The molecule has 0 radical (unpaired) electrons. The number of hydrogen-bond acceptors (Lipinski definition) is 7. The van der Waals surface area contributed by atoms with Crippen LogP contribution in [0.15, 0.2) is 42.7 Å². The van der Waals surface area contributed by atoms with Gasteiger partial charge in [0.1, 0.15) is 5.75 Å². The molecule has 3 N–H and O–H groups in total. The van der Waals surface area contributed by atoms with Gasteiger partial charge in [-0.05, 0) is 70.5 Å². The zero-order chi connectivity index (χ0) is 26.8. The van der Waals surface area contributed by atoms with Gasteiger partial charge in [0.15, 0.2) is 0 Å². The van der Waals surface area contributed by atoms with Gasteiger partial charge in [-0.2, -0.15) is 0 Å². The van der Waals surface area contributed by atoms with E-state index in [0.29, 0.717) is 42.3 Å². The van der Waals surface area contributed by atoms with Gasteiger partial charge in [0.2, 0.25) is 0 Å². The molecule has 0 spiro atoms. The van der Waals surface area contributed by atoms with Crippen LogP contribution in [0, 0.1) is 5.92 Å². The SMILES string of the molecule is CNC[C@@H]1OCCCC[C@@H](C)Oc2ccc(NC(=O)c3ccncc3)cc2C(=O)N([C@H](C)CO)C[C@H]1C. The molecule has 0 aliphatic carbocycles. The first-order valence-electron chi connectivity index (χ1n) is 13.0. The average Bonchev–Trinajstić information content (AvgIpc) is 2.90. The summed E-state index contributed by atoms with van der Waals surface area (Å²) in [6.45, 7) is 7.39. The number of amides is 2. The number of ether oxygens (including phenoxy) is 2. The summed E-state index contributed by atoms with van der Waals surface area (Å²) in [6.07, 6.45) is 5.60. The Balaban J connectivity index is 1.97. The molecule has 1 aliphatic heterocycles. The molecular formula is C28H40N4O5. The van der Waals surface area contributed by atoms with E-state index in [-0.39, 0.29) is 36.5 Å². The minimum absolute atomic E-state index is 0.0196. The number of likely N-dealkylation sites (N-methyl/N-ethyl adjacent to an activating group) is 1. The molecule has 202 valence electrons. The van der Waals surface area contributed by atoms with Gasteiger partial charge in [-0.25, -0.2) is 0 Å². The molecule has 9 nitrogen and oxygen atoms in total. The number of hydrogen-bond donors (Lipinski definition) is 3. The predicted octanol–water partition coefficient (Wildman–Crippen LogP) is 3.35. The number of benzene rings is 1. The van der Waals surface area contributed by atoms with E-state index < -0.39 is 6.04 Å². The van der Waals surface area contributed by atoms with Crippen molar-refractivity contribution >= 4 is 17.5 Å². The molecular weight excluding hydrogens is 472 g/mol. The first kappa shape index (κ1) is 28.6. The molecule has 1 aliphatic rings. The van der Waals surface area contributed by atoms with Crippen molar-refractivity contribution in [3.63, 3.8) is 0 Å². The number of aliphatic hydroxyl groups excluding tert-OH is 1. The molecule has 0 saturated carbocycles. The van der Waals surface area contributed by atoms with Crippen molar-refractivity contribution in [2.24, 2.45) is 5.92 Å². The van der Waals surface area contributed by atoms with Gasteiger partial charge >= 0.3 is 0 Å². The average molecular weight is 513 g/mol. The van der Waals surface area contributed by atoms with Gasteiger partial charge in [-0.15, -0.1) is 0 Å². The lowest BCUT2D eigenvalue weighted by atomic mass is 10.0. The van der Waals surface area contributed by atoms with Crippen molar-refractivity contribution in [3.8, 4) is 5.75 Å². The fraction of sp³-hybridized carbons (Fsp3) is 0.536. The number of nitrogens with zero attached hydrogens (tertiary/aromatic N) is 2. The molecule has 1 aromatic carbocycles. The molecule has 0 bridgehead atoms. The van der Waals surface area contributed by atoms with Crippen LogP contribution >= 0.6 is 0 Å². The first-order valence-corrected chi connectivity index (χ1v) is 13.0. The highest BCUT2D eigenvalue weighted by molar-refractivity contribution is 6.05. The smallest absolute Gasteiger partial charge is 0.258 e. The summed E-state index contributed by atoms with van der Waals surface area (Å²) < 4.78 is 12.4. The molecule has 37 heavy (non-hydrogen) atoms. The molecule has 1 aromatic heterocycles. The maximum atomic E-state index is 14.0. The monoisotopic (exact) mass is 512 g/mol. The molecule has 3 rings (SSSR count). The van der Waals surface area contributed by atoms with Crippen molar-refractivity contribution in [3.05, 3.63) is 53.9 Å². The highest BCUT2D eigenvalue weighted by Gasteiger charge is 2.29. The lowest BCUT2D eigenvalue weighted by Crippen LogP contribution is -2.47. The van der Waals surface area contributed by atoms with E-state index in [9.17, 15) is 14.7 Å². The first-order chi connectivity index (χ1) is 17.8. The number of carbonyl (C=O) groups is 2. The predicted molar refractivity (Wildman–Crippen MR) is 143 cm³/mol. The number of aromatic nitrogens is 1. The van der Waals surface area contributed by atoms with Crippen molar-refractivity contribution in [1.29, 1.82) is 0 Å². The maximum Gasteiger partial charge on any atom is 0.258 e. The lowest BCUT2D eigenvalue weighted by molar-refractivity contribution is -0.000452. The van der Waals surface area contributed by atoms with Crippen LogP contribution in [0.3, 0.4) is 0 Å². The number of carbonyl (C=O) groups excluding carboxylic acids is 2. The third-order valence-corrected chi connectivity index (χ3v) is 6.66. The summed E-state index contributed by atoms with van der Waals surface area (Å²) >= 11 is 0. The molecule has 0 saturated heterocycles. The number of aliphatic hydroxyl groups is 1. The summed E-state index contributed by atoms with van der Waals surface area (Å²) in [5, 5.41) is 16.0. The lowest BCUT2D eigenvalue weighted by Gasteiger charge is -2.34. The van der Waals surface area contributed by atoms with Crippen LogP contribution in [0.5, 0.6) is 5.75 Å². The summed E-state index contributed by atoms with van der Waals surface area (Å²) in [4.78, 5) is 32.3. The van der Waals surface area contributed by atoms with Gasteiger partial charge in [0.05, 0.1) is 30.4 Å². The standard InChI is InChI=1S/C28H40N4O5/c1-19-17-32(20(2)18-33)28(35)24-15-23(31-27(34)22-10-12-30-13-11-22)8-9-25(24)37-21(3)7-5-6-14-36-26(19)16-29-4/h8-13,15,19-21,26,29,33H,5-7,14,16-18H2,1-4H3,(H,31,34)/t19-,20-,21-,26+/m1/s1. The summed E-state index contributed by atoms with van der Waals surface area (Å²) in [7, 11) is 1.89. The Bertz CT molecular complexity index is 1020. The van der Waals surface area contributed by atoms with Crippen LogP contribution in [0.4, 0.5) is 5.69 Å². The quantitative estimate of drug-likeness (QED) is 0.544. The van der Waals surface area contributed by atoms with E-state index in [0.717, 1.165) is 19.3 Å². The van der Waals surface area contributed by atoms with E-state index in [1.54, 1.807) is 47.6 Å². The zero-order valence-electron chi connectivity index (χ0n) is 22.3. The topological polar surface area (TPSA) is 113 Å². The molecule has 0 unspecified atom stereocenters. The number of nitrogens with one attached hydrogen (secondary N) is 2. The Morgan fingerprint density at radius 3 is 2.68 bits per heavy atom. The normalized spacial score (nSPS) is 22.4. The number of pyridine rings is 1. The van der Waals surface area contributed by atoms with Gasteiger partial charge in [-0.3, -0.25) is 14.6 Å². The zero-order valence-corrected chi connectivity index (χ0v) is 22.3. The summed E-state index contributed by atoms with van der Waals surface area (Å²) in [5.41, 5.74) is 1.29. The van der Waals surface area contributed by atoms with E-state index >= 15 is 0 Å². The van der Waals surface area contributed by atoms with Gasteiger partial charge < -0.3 is 30.1 Å². The fourth-order valence-corrected chi connectivity index (χ4v) is 4.40. The fourth-order valence-electron chi connectivity index (χ4n) is 4.40. The third-order valence-electron chi connectivity index (χ3n) is 6.66. The third kappa shape index (κ3) is 7.99. The second-order valence-corrected chi connectivity index (χ2v) is 9.76. The van der Waals surface area contributed by atoms with Crippen LogP contribution in [0.2, 0.25) is 0 Å². The van der Waals surface area contributed by atoms with Crippen LogP contribution in [0.1, 0.15) is 60.7 Å². The van der Waals surface area contributed by atoms with Gasteiger partial charge in [0.25, 0.3) is 11.8 Å². The Morgan fingerprint density at radius 1 is 1.22 bits per heavy atom. The number of anilines is 1. The van der Waals surface area contributed by atoms with Crippen LogP contribution in [-0.4, -0.2) is 78.4 Å². The Morgan fingerprint density at radius 2 is 1.97 bits per heavy atom. The van der Waals surface area contributed by atoms with Crippen LogP contribution in [-0.2, 0) is 4.74 Å². The van der Waals surface area contributed by atoms with E-state index in [4.69, 9.17) is 9.47 Å². The second kappa shape index (κ2) is 14.1. The maximum absolute atomic E-state index is 14.0. The molecule has 2 heterocycles. The van der Waals surface area contributed by atoms with Crippen LogP contribution < -0.4 is 15.4 Å². The Kier molecular flexibility index (Phi) is 10.9. The van der Waals surface area contributed by atoms with E-state index in [1.807, 2.05) is 20.9 Å². The highest BCUT2D eigenvalue weighted by atomic mass is 16.5. The van der Waals surface area contributed by atoms with E-state index in [1.165, 1.54) is 0 Å². The van der Waals surface area contributed by atoms with Gasteiger partial charge in [-0.1, -0.05) is 6.92 Å². The molecule has 9 heteroatoms. The summed E-state index contributed by atoms with van der Waals surface area (Å²) in [5.74, 6) is -0.0874. The summed E-state index contributed by atoms with van der Waals surface area (Å²) in [6, 6.07) is 7.95. The largest absolute Gasteiger partial charge is 0.490 e. The van der Waals surface area contributed by atoms with Crippen LogP contribution in [0.25, 0.3) is 0 Å². The van der Waals surface area contributed by atoms with E-state index in [2.05, 4.69) is 22.5 Å². The molecule has 4 atom stereocenters. The van der Waals surface area contributed by atoms with Crippen molar-refractivity contribution in [1.82, 2.24) is 15.2 Å². The molecule has 0 fully saturated rings. The molecule has 2 aromatic rings. The molecule has 2 amide bonds. The van der Waals surface area contributed by atoms with Gasteiger partial charge in [0, 0.05) is 49.3 Å². The second-order valence-electron chi connectivity index (χ2n) is 9.76. The highest BCUT2D eigenvalue weighted by Crippen LogP contribution is 2.28. The Hall–Kier alpha value is -3.01. The van der Waals surface area contributed by atoms with Crippen molar-refractivity contribution < 1.29 is 24.2 Å². The van der Waals surface area contributed by atoms with Crippen molar-refractivity contribution in [2.45, 2.75) is 58.3 Å².